The summed E-state index contributed by atoms with van der Waals surface area (Å²) < 4.78 is 2.17. The second kappa shape index (κ2) is 8.75. The van der Waals surface area contributed by atoms with E-state index in [0.29, 0.717) is 11.7 Å². The van der Waals surface area contributed by atoms with Gasteiger partial charge in [0.25, 0.3) is 0 Å². The molecule has 0 atom stereocenters. The van der Waals surface area contributed by atoms with Gasteiger partial charge >= 0.3 is 0 Å². The number of terminal acetylenes is 1. The summed E-state index contributed by atoms with van der Waals surface area (Å²) in [5.41, 5.74) is 7.25. The van der Waals surface area contributed by atoms with Gasteiger partial charge in [-0.25, -0.2) is 9.97 Å². The van der Waals surface area contributed by atoms with Crippen molar-refractivity contribution in [3.63, 3.8) is 0 Å². The lowest BCUT2D eigenvalue weighted by molar-refractivity contribution is 0.222. The van der Waals surface area contributed by atoms with Crippen molar-refractivity contribution in [3.8, 4) is 34.9 Å². The number of nitrogens with one attached hydrogen (secondary N) is 2. The second-order valence-corrected chi connectivity index (χ2v) is 9.03. The first kappa shape index (κ1) is 21.7. The molecule has 0 unspecified atom stereocenters. The molecule has 36 heavy (non-hydrogen) atoms. The minimum absolute atomic E-state index is 0.315. The van der Waals surface area contributed by atoms with Crippen LogP contribution < -0.4 is 5.32 Å². The first-order valence-corrected chi connectivity index (χ1v) is 11.8. The van der Waals surface area contributed by atoms with Gasteiger partial charge in [0.1, 0.15) is 5.82 Å². The van der Waals surface area contributed by atoms with Gasteiger partial charge in [-0.1, -0.05) is 36.8 Å². The molecule has 1 aliphatic heterocycles. The number of anilines is 2. The minimum Gasteiger partial charge on any atom is -0.368 e. The Balaban J connectivity index is 1.24. The number of nitrogens with zero attached hydrogens (tertiary/aromatic N) is 5. The third kappa shape index (κ3) is 3.89. The first-order chi connectivity index (χ1) is 17.6. The van der Waals surface area contributed by atoms with Crippen molar-refractivity contribution in [1.29, 1.82) is 0 Å². The summed E-state index contributed by atoms with van der Waals surface area (Å²) >= 11 is 0. The van der Waals surface area contributed by atoms with E-state index in [2.05, 4.69) is 85.9 Å². The van der Waals surface area contributed by atoms with E-state index in [1.807, 2.05) is 24.4 Å². The highest BCUT2D eigenvalue weighted by Gasteiger charge is 2.27. The van der Waals surface area contributed by atoms with Gasteiger partial charge in [0.05, 0.1) is 23.5 Å². The summed E-state index contributed by atoms with van der Waals surface area (Å²) in [4.78, 5) is 11.5. The molecule has 1 aliphatic rings. The van der Waals surface area contributed by atoms with E-state index in [4.69, 9.17) is 11.4 Å². The number of hydrogen-bond acceptors (Lipinski definition) is 5. The monoisotopic (exact) mass is 471 g/mol. The maximum absolute atomic E-state index is 5.54. The minimum atomic E-state index is 0.315. The number of aromatic nitrogens is 5. The predicted molar refractivity (Wildman–Crippen MR) is 144 cm³/mol. The Labute approximate surface area is 209 Å². The van der Waals surface area contributed by atoms with E-state index >= 15 is 0 Å². The zero-order chi connectivity index (χ0) is 24.6. The third-order valence-corrected chi connectivity index (χ3v) is 6.74. The quantitative estimate of drug-likeness (QED) is 0.329. The summed E-state index contributed by atoms with van der Waals surface area (Å²) in [5, 5.41) is 11.4. The molecule has 6 rings (SSSR count). The van der Waals surface area contributed by atoms with Crippen LogP contribution in [-0.4, -0.2) is 42.7 Å². The normalized spacial score (nSPS) is 13.4. The van der Waals surface area contributed by atoms with E-state index < -0.39 is 0 Å². The Hall–Kier alpha value is -4.83. The van der Waals surface area contributed by atoms with Crippen molar-refractivity contribution < 1.29 is 0 Å². The van der Waals surface area contributed by atoms with Crippen LogP contribution in [0.3, 0.4) is 0 Å². The standard InChI is InChI=1S/C29H25N7/c1-4-20-17-36(18-20)19(2)26-13-22-5-6-23(14-27(22)35(26)3)29-30-12-11-28(34-29)33-25-9-7-21(8-10-25)24-15-31-32-16-24/h1,5-16,20H,2,17-18H2,3H3,(H,31,32)(H,30,33,34). The van der Waals surface area contributed by atoms with Crippen LogP contribution in [0.25, 0.3) is 39.1 Å². The number of aryl methyl sites for hydroxylation is 1. The molecular formula is C29H25N7. The fourth-order valence-electron chi connectivity index (χ4n) is 4.58. The van der Waals surface area contributed by atoms with Crippen molar-refractivity contribution in [2.24, 2.45) is 13.0 Å². The molecule has 0 aliphatic carbocycles. The summed E-state index contributed by atoms with van der Waals surface area (Å²) in [6, 6.07) is 18.5. The molecule has 0 saturated carbocycles. The number of hydrogen-bond donors (Lipinski definition) is 2. The van der Waals surface area contributed by atoms with Gasteiger partial charge in [-0.15, -0.1) is 6.42 Å². The maximum atomic E-state index is 5.54. The second-order valence-electron chi connectivity index (χ2n) is 9.03. The van der Waals surface area contributed by atoms with Crippen molar-refractivity contribution in [2.75, 3.05) is 18.4 Å². The highest BCUT2D eigenvalue weighted by atomic mass is 15.2. The fourth-order valence-corrected chi connectivity index (χ4v) is 4.58. The van der Waals surface area contributed by atoms with E-state index in [1.165, 1.54) is 0 Å². The number of fused-ring (bicyclic) bond motifs is 1. The molecule has 4 heterocycles. The lowest BCUT2D eigenvalue weighted by atomic mass is 10.00. The van der Waals surface area contributed by atoms with Crippen LogP contribution in [0.5, 0.6) is 0 Å². The molecule has 0 bridgehead atoms. The van der Waals surface area contributed by atoms with Gasteiger partial charge < -0.3 is 14.8 Å². The lowest BCUT2D eigenvalue weighted by Crippen LogP contribution is -2.44. The summed E-state index contributed by atoms with van der Waals surface area (Å²) in [6.07, 6.45) is 11.0. The molecule has 5 aromatic rings. The van der Waals surface area contributed by atoms with Crippen molar-refractivity contribution in [2.45, 2.75) is 0 Å². The molecule has 2 N–H and O–H groups in total. The molecule has 7 heteroatoms. The van der Waals surface area contributed by atoms with E-state index in [0.717, 1.165) is 63.6 Å². The van der Waals surface area contributed by atoms with E-state index in [-0.39, 0.29) is 0 Å². The number of H-pyrrole nitrogens is 1. The largest absolute Gasteiger partial charge is 0.368 e. The average molecular weight is 472 g/mol. The van der Waals surface area contributed by atoms with Crippen molar-refractivity contribution in [1.82, 2.24) is 29.6 Å². The topological polar surface area (TPSA) is 74.7 Å². The van der Waals surface area contributed by atoms with Crippen LogP contribution in [0, 0.1) is 18.3 Å². The van der Waals surface area contributed by atoms with Crippen LogP contribution in [0.15, 0.2) is 79.8 Å². The van der Waals surface area contributed by atoms with Crippen LogP contribution in [-0.2, 0) is 7.05 Å². The Bertz CT molecular complexity index is 1600. The summed E-state index contributed by atoms with van der Waals surface area (Å²) in [7, 11) is 2.07. The van der Waals surface area contributed by atoms with E-state index in [1.54, 1.807) is 12.4 Å². The van der Waals surface area contributed by atoms with Gasteiger partial charge in [0, 0.05) is 60.2 Å². The third-order valence-electron chi connectivity index (χ3n) is 6.74. The Kier molecular flexibility index (Phi) is 5.27. The Morgan fingerprint density at radius 1 is 1.08 bits per heavy atom. The number of benzene rings is 2. The van der Waals surface area contributed by atoms with Gasteiger partial charge in [-0.2, -0.15) is 5.10 Å². The molecule has 3 aromatic heterocycles. The van der Waals surface area contributed by atoms with Crippen molar-refractivity contribution in [3.05, 3.63) is 85.5 Å². The van der Waals surface area contributed by atoms with Gasteiger partial charge in [0.15, 0.2) is 5.82 Å². The van der Waals surface area contributed by atoms with Gasteiger partial charge in [0.2, 0.25) is 0 Å². The number of rotatable bonds is 6. The molecule has 0 amide bonds. The van der Waals surface area contributed by atoms with E-state index in [9.17, 15) is 0 Å². The Morgan fingerprint density at radius 3 is 2.64 bits per heavy atom. The molecule has 0 spiro atoms. The molecule has 7 nitrogen and oxygen atoms in total. The maximum Gasteiger partial charge on any atom is 0.161 e. The number of likely N-dealkylation sites (tertiary alicyclic amines) is 1. The molecular weight excluding hydrogens is 446 g/mol. The summed E-state index contributed by atoms with van der Waals surface area (Å²) in [5.74, 6) is 4.53. The van der Waals surface area contributed by atoms with Crippen LogP contribution >= 0.6 is 0 Å². The summed E-state index contributed by atoms with van der Waals surface area (Å²) in [6.45, 7) is 6.05. The molecule has 1 fully saturated rings. The van der Waals surface area contributed by atoms with Gasteiger partial charge in [-0.05, 0) is 35.9 Å². The molecule has 1 saturated heterocycles. The van der Waals surface area contributed by atoms with Crippen LogP contribution in [0.4, 0.5) is 11.5 Å². The zero-order valence-electron chi connectivity index (χ0n) is 19.9. The number of aromatic amines is 1. The lowest BCUT2D eigenvalue weighted by Gasteiger charge is -2.39. The van der Waals surface area contributed by atoms with Gasteiger partial charge in [-0.3, -0.25) is 5.10 Å². The molecule has 2 aromatic carbocycles. The molecule has 176 valence electrons. The average Bonchev–Trinajstić information content (AvgIpc) is 3.52. The fraction of sp³-hybridized carbons (Fsp3) is 0.138. The van der Waals surface area contributed by atoms with Crippen LogP contribution in [0.1, 0.15) is 5.69 Å². The molecule has 0 radical (unpaired) electrons. The predicted octanol–water partition coefficient (Wildman–Crippen LogP) is 5.30. The smallest absolute Gasteiger partial charge is 0.161 e. The SMILES string of the molecule is C#CC1CN(C(=C)c2cc3ccc(-c4nccc(Nc5ccc(-c6cn[nH]c6)cc5)n4)cc3n2C)C1. The zero-order valence-corrected chi connectivity index (χ0v) is 19.9. The van der Waals surface area contributed by atoms with Crippen LogP contribution in [0.2, 0.25) is 0 Å². The highest BCUT2D eigenvalue weighted by molar-refractivity contribution is 5.88. The highest BCUT2D eigenvalue weighted by Crippen LogP contribution is 2.32. The van der Waals surface area contributed by atoms with Crippen molar-refractivity contribution >= 4 is 28.1 Å². The first-order valence-electron chi connectivity index (χ1n) is 11.8. The Morgan fingerprint density at radius 2 is 1.89 bits per heavy atom.